The summed E-state index contributed by atoms with van der Waals surface area (Å²) >= 11 is 0. The lowest BCUT2D eigenvalue weighted by molar-refractivity contribution is -0.222. The molecule has 8 atom stereocenters. The topological polar surface area (TPSA) is 354 Å². The van der Waals surface area contributed by atoms with E-state index in [4.69, 9.17) is 4.74 Å². The monoisotopic (exact) mass is 826 g/mol. The number of aliphatic hydroxyl groups is 12. The lowest BCUT2D eigenvalue weighted by Crippen LogP contribution is -2.74. The van der Waals surface area contributed by atoms with Crippen LogP contribution in [-0.2, 0) is 33.5 Å². The molecule has 0 aliphatic heterocycles. The first-order valence-electron chi connectivity index (χ1n) is 19.6. The number of ether oxygens (including phenoxy) is 1. The standard InChI is InChI=1S/C38H66O19/c1-3-5-7-9-11-13-15-23(31(51)25(45)17-39)37(33(53)27(47)19-41,34(54)28(48)20-42)57-38(35(55)29(49)21-43,36(56)30(50)22-44)24(32(52)26(46)18-40)16-14-12-10-8-6-4-2/h23-30,39-50H,3-22H2,1-2H3. The molecule has 0 aromatic carbocycles. The summed E-state index contributed by atoms with van der Waals surface area (Å²) < 4.78 is 6.00. The first kappa shape index (κ1) is 54.5. The lowest BCUT2D eigenvalue weighted by atomic mass is 9.67. The Morgan fingerprint density at radius 2 is 0.614 bits per heavy atom. The predicted molar refractivity (Wildman–Crippen MR) is 198 cm³/mol. The van der Waals surface area contributed by atoms with E-state index in [0.29, 0.717) is 25.7 Å². The van der Waals surface area contributed by atoms with Crippen molar-refractivity contribution in [2.45, 2.75) is 152 Å². The molecule has 0 fully saturated rings. The Morgan fingerprint density at radius 3 is 0.842 bits per heavy atom. The van der Waals surface area contributed by atoms with Gasteiger partial charge in [0.15, 0.2) is 11.6 Å². The Morgan fingerprint density at radius 1 is 0.386 bits per heavy atom. The molecule has 0 saturated heterocycles. The molecule has 0 amide bonds. The van der Waals surface area contributed by atoms with E-state index >= 15 is 0 Å². The van der Waals surface area contributed by atoms with E-state index in [1.54, 1.807) is 0 Å². The lowest BCUT2D eigenvalue weighted by Gasteiger charge is -2.48. The maximum atomic E-state index is 14.6. The van der Waals surface area contributed by atoms with Crippen LogP contribution in [0, 0.1) is 11.8 Å². The second-order valence-electron chi connectivity index (χ2n) is 14.2. The Bertz CT molecular complexity index is 1100. The molecule has 0 aromatic rings. The predicted octanol–water partition coefficient (Wildman–Crippen LogP) is -3.25. The van der Waals surface area contributed by atoms with Crippen LogP contribution in [0.1, 0.15) is 104 Å². The van der Waals surface area contributed by atoms with Gasteiger partial charge in [-0.1, -0.05) is 90.9 Å². The first-order chi connectivity index (χ1) is 27.0. The highest BCUT2D eigenvalue weighted by Gasteiger charge is 2.68. The molecular formula is C38H66O19. The highest BCUT2D eigenvalue weighted by atomic mass is 16.6. The van der Waals surface area contributed by atoms with Gasteiger partial charge < -0.3 is 66.0 Å². The zero-order valence-corrected chi connectivity index (χ0v) is 33.0. The van der Waals surface area contributed by atoms with Crippen molar-refractivity contribution in [1.82, 2.24) is 0 Å². The fraction of sp³-hybridized carbons (Fsp3) is 0.842. The number of hydrogen-bond acceptors (Lipinski definition) is 19. The summed E-state index contributed by atoms with van der Waals surface area (Å²) in [4.78, 5) is 86.5. The Labute approximate surface area is 332 Å². The van der Waals surface area contributed by atoms with E-state index in [-0.39, 0.29) is 25.7 Å². The van der Waals surface area contributed by atoms with Crippen molar-refractivity contribution in [2.75, 3.05) is 39.6 Å². The smallest absolute Gasteiger partial charge is 0.203 e. The molecular weight excluding hydrogens is 760 g/mol. The quantitative estimate of drug-likeness (QED) is 0.0218. The summed E-state index contributed by atoms with van der Waals surface area (Å²) in [5.74, 6) is -16.8. The van der Waals surface area contributed by atoms with Gasteiger partial charge in [-0.2, -0.15) is 0 Å². The third kappa shape index (κ3) is 14.3. The molecule has 0 aliphatic carbocycles. The highest BCUT2D eigenvalue weighted by Crippen LogP contribution is 2.43. The molecule has 8 unspecified atom stereocenters. The van der Waals surface area contributed by atoms with Crippen molar-refractivity contribution in [1.29, 1.82) is 0 Å². The number of aliphatic hydroxyl groups excluding tert-OH is 12. The minimum Gasteiger partial charge on any atom is -0.393 e. The average Bonchev–Trinajstić information content (AvgIpc) is 3.23. The van der Waals surface area contributed by atoms with Crippen LogP contribution >= 0.6 is 0 Å². The molecule has 0 spiro atoms. The summed E-state index contributed by atoms with van der Waals surface area (Å²) in [7, 11) is 0. The van der Waals surface area contributed by atoms with Crippen LogP contribution < -0.4 is 0 Å². The van der Waals surface area contributed by atoms with E-state index in [0.717, 1.165) is 25.7 Å². The van der Waals surface area contributed by atoms with Crippen LogP contribution in [0.3, 0.4) is 0 Å². The van der Waals surface area contributed by atoms with E-state index in [9.17, 15) is 90.0 Å². The summed E-state index contributed by atoms with van der Waals surface area (Å²) in [5.41, 5.74) is -8.11. The zero-order valence-electron chi connectivity index (χ0n) is 33.0. The minimum atomic E-state index is -4.06. The molecule has 332 valence electrons. The molecule has 0 bridgehead atoms. The Balaban J connectivity index is 8.90. The molecule has 0 radical (unpaired) electrons. The van der Waals surface area contributed by atoms with Gasteiger partial charge >= 0.3 is 0 Å². The zero-order chi connectivity index (χ0) is 43.9. The van der Waals surface area contributed by atoms with Crippen LogP contribution in [0.4, 0.5) is 0 Å². The largest absolute Gasteiger partial charge is 0.393 e. The maximum Gasteiger partial charge on any atom is 0.203 e. The van der Waals surface area contributed by atoms with Crippen LogP contribution in [-0.4, -0.2) is 183 Å². The molecule has 0 aliphatic rings. The van der Waals surface area contributed by atoms with Crippen molar-refractivity contribution in [3.05, 3.63) is 0 Å². The van der Waals surface area contributed by atoms with Gasteiger partial charge in [0.2, 0.25) is 34.3 Å². The molecule has 19 nitrogen and oxygen atoms in total. The molecule has 12 N–H and O–H groups in total. The average molecular weight is 827 g/mol. The molecule has 57 heavy (non-hydrogen) atoms. The summed E-state index contributed by atoms with van der Waals surface area (Å²) in [6, 6.07) is 0. The third-order valence-corrected chi connectivity index (χ3v) is 10.1. The number of unbranched alkanes of at least 4 members (excludes halogenated alkanes) is 10. The van der Waals surface area contributed by atoms with Gasteiger partial charge in [0.25, 0.3) is 0 Å². The van der Waals surface area contributed by atoms with E-state index < -0.39 is 147 Å². The van der Waals surface area contributed by atoms with Crippen LogP contribution in [0.15, 0.2) is 0 Å². The minimum absolute atomic E-state index is 0.148. The van der Waals surface area contributed by atoms with Gasteiger partial charge in [0, 0.05) is 0 Å². The summed E-state index contributed by atoms with van der Waals surface area (Å²) in [5, 5.41) is 124. The van der Waals surface area contributed by atoms with Crippen molar-refractivity contribution in [3.8, 4) is 0 Å². The number of carbonyl (C=O) groups is 6. The fourth-order valence-electron chi connectivity index (χ4n) is 6.84. The fourth-order valence-corrected chi connectivity index (χ4v) is 6.84. The normalized spacial score (nSPS) is 18.2. The van der Waals surface area contributed by atoms with E-state index in [2.05, 4.69) is 0 Å². The first-order valence-corrected chi connectivity index (χ1v) is 19.6. The van der Waals surface area contributed by atoms with Crippen LogP contribution in [0.25, 0.3) is 0 Å². The number of hydrogen-bond donors (Lipinski definition) is 12. The van der Waals surface area contributed by atoms with Gasteiger partial charge in [-0.15, -0.1) is 0 Å². The van der Waals surface area contributed by atoms with Crippen LogP contribution in [0.2, 0.25) is 0 Å². The van der Waals surface area contributed by atoms with E-state index in [1.165, 1.54) is 0 Å². The second kappa shape index (κ2) is 28.1. The third-order valence-electron chi connectivity index (χ3n) is 10.1. The van der Waals surface area contributed by atoms with Gasteiger partial charge in [0.1, 0.15) is 36.6 Å². The Kier molecular flexibility index (Phi) is 26.8. The molecule has 0 rings (SSSR count). The van der Waals surface area contributed by atoms with Gasteiger partial charge in [0.05, 0.1) is 51.5 Å². The molecule has 0 aromatic heterocycles. The number of rotatable bonds is 36. The summed E-state index contributed by atoms with van der Waals surface area (Å²) in [6.45, 7) is -5.24. The highest BCUT2D eigenvalue weighted by molar-refractivity contribution is 6.21. The van der Waals surface area contributed by atoms with E-state index in [1.807, 2.05) is 13.8 Å². The number of ketones is 6. The van der Waals surface area contributed by atoms with Gasteiger partial charge in [-0.3, -0.25) is 28.8 Å². The maximum absolute atomic E-state index is 14.6. The van der Waals surface area contributed by atoms with Crippen LogP contribution in [0.5, 0.6) is 0 Å². The molecule has 0 heterocycles. The van der Waals surface area contributed by atoms with Crippen molar-refractivity contribution in [2.24, 2.45) is 11.8 Å². The number of carbonyl (C=O) groups excluding carboxylic acids is 6. The second-order valence-corrected chi connectivity index (χ2v) is 14.2. The molecule has 19 heteroatoms. The van der Waals surface area contributed by atoms with Crippen molar-refractivity contribution < 1.29 is 94.8 Å². The SMILES string of the molecule is CCCCCCCCC(C(=O)C(O)CO)C(OC(C(=O)C(O)CO)(C(=O)C(O)CO)C(CCCCCCCC)C(=O)C(O)CO)(C(=O)C(O)CO)C(=O)C(O)CO. The molecule has 0 saturated carbocycles. The van der Waals surface area contributed by atoms with Gasteiger partial charge in [-0.25, -0.2) is 0 Å². The van der Waals surface area contributed by atoms with Crippen molar-refractivity contribution >= 4 is 34.7 Å². The Hall–Kier alpha value is -2.50. The van der Waals surface area contributed by atoms with Gasteiger partial charge in [-0.05, 0) is 12.8 Å². The van der Waals surface area contributed by atoms with Crippen molar-refractivity contribution in [3.63, 3.8) is 0 Å². The summed E-state index contributed by atoms with van der Waals surface area (Å²) in [6.07, 6.45) is -12.0. The number of Topliss-reactive ketones (excluding diaryl/α,β-unsaturated/α-hetero) is 6.